The lowest BCUT2D eigenvalue weighted by molar-refractivity contribution is -0.142. The summed E-state index contributed by atoms with van der Waals surface area (Å²) in [5, 5.41) is 19.4. The molecule has 0 unspecified atom stereocenters. The molecule has 0 radical (unpaired) electrons. The van der Waals surface area contributed by atoms with Crippen LogP contribution in [-0.2, 0) is 33.6 Å². The van der Waals surface area contributed by atoms with Crippen molar-refractivity contribution in [2.45, 2.75) is 116 Å². The Balaban J connectivity index is 1.34. The van der Waals surface area contributed by atoms with E-state index in [1.54, 1.807) is 109 Å². The van der Waals surface area contributed by atoms with Crippen LogP contribution in [0.4, 0.5) is 10.5 Å². The molecule has 5 rings (SSSR count). The Bertz CT molecular complexity index is 2330. The van der Waals surface area contributed by atoms with Crippen molar-refractivity contribution in [2.75, 3.05) is 32.5 Å². The Morgan fingerprint density at radius 3 is 1.94 bits per heavy atom. The first-order chi connectivity index (χ1) is 33.9. The summed E-state index contributed by atoms with van der Waals surface area (Å²) < 4.78 is 0. The predicted molar refractivity (Wildman–Crippen MR) is 264 cm³/mol. The van der Waals surface area contributed by atoms with Gasteiger partial charge < -0.3 is 47.0 Å². The summed E-state index contributed by atoms with van der Waals surface area (Å²) in [6.45, 7) is 8.23. The number of aromatic nitrogens is 2. The Kier molecular flexibility index (Phi) is 20.1. The molecule has 0 bridgehead atoms. The lowest BCUT2D eigenvalue weighted by Crippen LogP contribution is -2.60. The number of nitrogens with zero attached hydrogens (tertiary/aromatic N) is 4. The summed E-state index contributed by atoms with van der Waals surface area (Å²) in [4.78, 5) is 135. The third-order valence-electron chi connectivity index (χ3n) is 12.8. The number of hydrogen-bond acceptors (Lipinski definition) is 11. The van der Waals surface area contributed by atoms with Crippen LogP contribution in [-0.4, -0.2) is 130 Å². The van der Waals surface area contributed by atoms with Gasteiger partial charge in [-0.2, -0.15) is 0 Å². The number of ketones is 1. The maximum atomic E-state index is 14.4. The zero-order valence-electron chi connectivity index (χ0n) is 41.6. The lowest BCUT2D eigenvalue weighted by atomic mass is 9.83. The van der Waals surface area contributed by atoms with Gasteiger partial charge in [0.1, 0.15) is 29.9 Å². The summed E-state index contributed by atoms with van der Waals surface area (Å²) in [5.74, 6) is -8.17. The van der Waals surface area contributed by atoms with E-state index in [2.05, 4.69) is 47.2 Å². The fraction of sp³-hybridized carbons (Fsp3) is 0.510. The molecule has 1 saturated heterocycles. The molecule has 20 nitrogen and oxygen atoms in total. The highest BCUT2D eigenvalue weighted by molar-refractivity contribution is 6.38. The van der Waals surface area contributed by atoms with Crippen LogP contribution >= 0.6 is 0 Å². The van der Waals surface area contributed by atoms with Crippen LogP contribution in [0, 0.1) is 23.7 Å². The van der Waals surface area contributed by atoms with Crippen molar-refractivity contribution in [3.63, 3.8) is 0 Å². The highest BCUT2D eigenvalue weighted by Crippen LogP contribution is 2.28. The van der Waals surface area contributed by atoms with E-state index in [0.717, 1.165) is 19.3 Å². The molecule has 382 valence electrons. The fourth-order valence-electron chi connectivity index (χ4n) is 8.82. The molecule has 1 saturated carbocycles. The van der Waals surface area contributed by atoms with E-state index in [1.807, 2.05) is 0 Å². The molecule has 1 aromatic heterocycles. The molecule has 2 aliphatic rings. The number of carbonyl (C=O) groups excluding carboxylic acids is 9. The maximum absolute atomic E-state index is 14.4. The molecule has 7 atom stereocenters. The number of carbonyl (C=O) groups is 9. The number of Topliss-reactive ketones (excluding diaryl/α,β-unsaturated/α-hetero) is 1. The zero-order valence-corrected chi connectivity index (χ0v) is 41.6. The second-order valence-corrected chi connectivity index (χ2v) is 19.1. The van der Waals surface area contributed by atoms with Crippen molar-refractivity contribution in [1.82, 2.24) is 51.7 Å². The van der Waals surface area contributed by atoms with Crippen molar-refractivity contribution in [3.05, 3.63) is 90.5 Å². The number of para-hydroxylation sites is 1. The second kappa shape index (κ2) is 26.1. The van der Waals surface area contributed by atoms with E-state index >= 15 is 0 Å². The first kappa shape index (κ1) is 54.7. The first-order valence-electron chi connectivity index (χ1n) is 24.4. The van der Waals surface area contributed by atoms with Crippen LogP contribution in [0.25, 0.3) is 0 Å². The number of urea groups is 1. The first-order valence-corrected chi connectivity index (χ1v) is 24.4. The van der Waals surface area contributed by atoms with E-state index in [9.17, 15) is 43.2 Å². The molecule has 2 heterocycles. The van der Waals surface area contributed by atoms with Gasteiger partial charge in [0, 0.05) is 45.3 Å². The summed E-state index contributed by atoms with van der Waals surface area (Å²) >= 11 is 0. The number of likely N-dealkylation sites (tertiary alicyclic amines) is 1. The van der Waals surface area contributed by atoms with E-state index < -0.39 is 107 Å². The molecule has 2 aromatic carbocycles. The molecular weight excluding hydrogens is 911 g/mol. The van der Waals surface area contributed by atoms with Crippen molar-refractivity contribution >= 4 is 58.9 Å². The van der Waals surface area contributed by atoms with E-state index in [4.69, 9.17) is 0 Å². The number of nitrogens with one attached hydrogen (secondary N) is 7. The average molecular weight is 980 g/mol. The largest absolute Gasteiger partial charge is 0.349 e. The van der Waals surface area contributed by atoms with Crippen LogP contribution in [0.2, 0.25) is 0 Å². The van der Waals surface area contributed by atoms with Gasteiger partial charge in [0.25, 0.3) is 11.8 Å². The van der Waals surface area contributed by atoms with Gasteiger partial charge in [-0.15, -0.1) is 0 Å². The molecule has 3 aromatic rings. The molecule has 9 amide bonds. The normalized spacial score (nSPS) is 17.9. The number of benzene rings is 2. The van der Waals surface area contributed by atoms with Crippen LogP contribution in [0.3, 0.4) is 0 Å². The topological polar surface area (TPSA) is 270 Å². The third-order valence-corrected chi connectivity index (χ3v) is 12.8. The quantitative estimate of drug-likeness (QED) is 0.0763. The summed E-state index contributed by atoms with van der Waals surface area (Å²) in [6, 6.07) is 9.81. The SMILES string of the molecule is CCC[C@H](NC(=O)[C@@H]1CN(C(=O)Nc2ccccc2)C[C@@H]1NC(=O)[C@@H](NC(=O)[C@@H](NC(=O)c1cnccn1)C1CCCCC1)C(C)C)C(=O)C(=O)N[C@H](C(=O)N[C@H](C(=O)N(C)C)c1ccccc1)C(C)C. The minimum atomic E-state index is -1.36. The van der Waals surface area contributed by atoms with Crippen LogP contribution < -0.4 is 37.2 Å². The highest BCUT2D eigenvalue weighted by Gasteiger charge is 2.44. The number of likely N-dealkylation sites (N-methyl/N-ethyl adjacent to an activating group) is 1. The molecule has 7 N–H and O–H groups in total. The average Bonchev–Trinajstić information content (AvgIpc) is 3.79. The van der Waals surface area contributed by atoms with Crippen LogP contribution in [0.1, 0.15) is 102 Å². The molecule has 1 aliphatic heterocycles. The van der Waals surface area contributed by atoms with E-state index in [0.29, 0.717) is 30.5 Å². The molecule has 0 spiro atoms. The maximum Gasteiger partial charge on any atom is 0.321 e. The zero-order chi connectivity index (χ0) is 51.8. The van der Waals surface area contributed by atoms with Gasteiger partial charge in [0.2, 0.25) is 35.3 Å². The molecule has 2 fully saturated rings. The molecule has 1 aliphatic carbocycles. The monoisotopic (exact) mass is 980 g/mol. The Morgan fingerprint density at radius 2 is 1.35 bits per heavy atom. The molecular formula is C51H69N11O9. The molecule has 20 heteroatoms. The number of rotatable bonds is 21. The van der Waals surface area contributed by atoms with Gasteiger partial charge in [0.05, 0.1) is 24.2 Å². The van der Waals surface area contributed by atoms with Crippen LogP contribution in [0.15, 0.2) is 79.3 Å². The Labute approximate surface area is 415 Å². The van der Waals surface area contributed by atoms with Gasteiger partial charge in [-0.3, -0.25) is 43.3 Å². The number of amides is 9. The van der Waals surface area contributed by atoms with Gasteiger partial charge in [0.15, 0.2) is 0 Å². The fourth-order valence-corrected chi connectivity index (χ4v) is 8.82. The smallest absolute Gasteiger partial charge is 0.321 e. The molecule has 71 heavy (non-hydrogen) atoms. The van der Waals surface area contributed by atoms with Gasteiger partial charge in [-0.05, 0) is 54.7 Å². The third kappa shape index (κ3) is 15.1. The minimum Gasteiger partial charge on any atom is -0.349 e. The lowest BCUT2D eigenvalue weighted by Gasteiger charge is -2.32. The van der Waals surface area contributed by atoms with E-state index in [1.165, 1.54) is 28.4 Å². The minimum absolute atomic E-state index is 0.0307. The van der Waals surface area contributed by atoms with Crippen molar-refractivity contribution in [3.8, 4) is 0 Å². The summed E-state index contributed by atoms with van der Waals surface area (Å²) in [7, 11) is 3.10. The van der Waals surface area contributed by atoms with Gasteiger partial charge in [-0.1, -0.05) is 109 Å². The van der Waals surface area contributed by atoms with Crippen molar-refractivity contribution in [2.24, 2.45) is 23.7 Å². The van der Waals surface area contributed by atoms with Gasteiger partial charge >= 0.3 is 6.03 Å². The predicted octanol–water partition coefficient (Wildman–Crippen LogP) is 2.89. The van der Waals surface area contributed by atoms with Crippen molar-refractivity contribution in [1.29, 1.82) is 0 Å². The highest BCUT2D eigenvalue weighted by atomic mass is 16.2. The number of hydrogen-bond donors (Lipinski definition) is 7. The standard InChI is InChI=1S/C51H69N11O9/c1-8-18-36(43(63)49(69)58-40(31(4)5)47(67)60-42(50(70)61(6)7)33-21-14-10-15-22-33)55-44(64)35-28-62(51(71)54-34-23-16-11-17-24-34)29-38(35)56-46(66)39(30(2)3)57-48(68)41(32-19-12-9-13-20-32)59-45(65)37-27-52-25-26-53-37/h10-11,14-17,21-27,30-32,35-36,38-42H,8-9,12-13,18-20,28-29H2,1-7H3,(H,54,71)(H,55,64)(H,56,66)(H,57,68)(H,58,69)(H,59,65)(H,60,67)/t35-,36+,38+,39+,40+,41+,42+/m1/s1. The summed E-state index contributed by atoms with van der Waals surface area (Å²) in [6.07, 6.45) is 8.57. The van der Waals surface area contributed by atoms with E-state index in [-0.39, 0.29) is 31.1 Å². The summed E-state index contributed by atoms with van der Waals surface area (Å²) in [5.41, 5.74) is 1.03. The van der Waals surface area contributed by atoms with Crippen molar-refractivity contribution < 1.29 is 43.2 Å². The number of anilines is 1. The van der Waals surface area contributed by atoms with Crippen LogP contribution in [0.5, 0.6) is 0 Å². The second-order valence-electron chi connectivity index (χ2n) is 19.1. The Morgan fingerprint density at radius 1 is 0.718 bits per heavy atom. The van der Waals surface area contributed by atoms with Gasteiger partial charge in [-0.25, -0.2) is 9.78 Å². The Hall–Kier alpha value is -7.25.